The third-order valence-corrected chi connectivity index (χ3v) is 2.92. The number of nitro groups is 1. The van der Waals surface area contributed by atoms with Gasteiger partial charge < -0.3 is 0 Å². The van der Waals surface area contributed by atoms with Crippen molar-refractivity contribution in [3.8, 4) is 0 Å². The number of pyridine rings is 1. The molecule has 0 atom stereocenters. The van der Waals surface area contributed by atoms with Crippen LogP contribution in [0.1, 0.15) is 11.1 Å². The summed E-state index contributed by atoms with van der Waals surface area (Å²) in [5.41, 5.74) is 6.99. The highest BCUT2D eigenvalue weighted by molar-refractivity contribution is 6.32. The number of aromatic nitrogens is 1. The summed E-state index contributed by atoms with van der Waals surface area (Å²) in [7, 11) is 0. The second-order valence-corrected chi connectivity index (χ2v) is 4.15. The fourth-order valence-corrected chi connectivity index (χ4v) is 1.98. The summed E-state index contributed by atoms with van der Waals surface area (Å²) in [5.74, 6) is 0. The molecule has 0 fully saturated rings. The van der Waals surface area contributed by atoms with Crippen LogP contribution in [0.3, 0.4) is 0 Å². The van der Waals surface area contributed by atoms with E-state index in [1.807, 2.05) is 12.1 Å². The van der Waals surface area contributed by atoms with Crippen molar-refractivity contribution in [3.63, 3.8) is 0 Å². The summed E-state index contributed by atoms with van der Waals surface area (Å²) < 4.78 is 0. The molecule has 6 heteroatoms. The van der Waals surface area contributed by atoms with Crippen molar-refractivity contribution in [2.24, 2.45) is 5.10 Å². The molecule has 2 aromatic rings. The molecule has 1 aromatic heterocycles. The highest BCUT2D eigenvalue weighted by atomic mass is 16.6. The monoisotopic (exact) mass is 265 g/mol. The van der Waals surface area contributed by atoms with Crippen molar-refractivity contribution in [1.29, 1.82) is 0 Å². The van der Waals surface area contributed by atoms with Crippen molar-refractivity contribution < 1.29 is 4.92 Å². The van der Waals surface area contributed by atoms with E-state index >= 15 is 0 Å². The maximum atomic E-state index is 10.8. The van der Waals surface area contributed by atoms with Gasteiger partial charge in [0.2, 0.25) is 0 Å². The Morgan fingerprint density at radius 2 is 1.85 bits per heavy atom. The highest BCUT2D eigenvalue weighted by Gasteiger charge is 2.19. The molecule has 0 unspecified atom stereocenters. The van der Waals surface area contributed by atoms with Crippen LogP contribution in [0.15, 0.2) is 60.1 Å². The Labute approximate surface area is 114 Å². The summed E-state index contributed by atoms with van der Waals surface area (Å²) in [6, 6.07) is 10.1. The Bertz CT molecular complexity index is 723. The van der Waals surface area contributed by atoms with Gasteiger partial charge in [0, 0.05) is 35.7 Å². The second kappa shape index (κ2) is 4.93. The van der Waals surface area contributed by atoms with Gasteiger partial charge in [-0.05, 0) is 17.7 Å². The summed E-state index contributed by atoms with van der Waals surface area (Å²) in [6.45, 7) is 0. The normalized spacial score (nSPS) is 13.4. The van der Waals surface area contributed by atoms with Crippen LogP contribution in [0.2, 0.25) is 0 Å². The molecule has 0 saturated carbocycles. The van der Waals surface area contributed by atoms with E-state index in [0.717, 1.165) is 11.1 Å². The van der Waals surface area contributed by atoms with Crippen LogP contribution < -0.4 is 5.43 Å². The van der Waals surface area contributed by atoms with E-state index in [2.05, 4.69) is 15.5 Å². The predicted molar refractivity (Wildman–Crippen MR) is 74.0 cm³/mol. The zero-order chi connectivity index (χ0) is 13.9. The average molecular weight is 265 g/mol. The van der Waals surface area contributed by atoms with E-state index in [1.165, 1.54) is 12.1 Å². The molecule has 3 rings (SSSR count). The molecular formula is C14H9N4O2. The Hall–Kier alpha value is -3.02. The van der Waals surface area contributed by atoms with Gasteiger partial charge in [0.05, 0.1) is 11.1 Å². The first-order valence-corrected chi connectivity index (χ1v) is 5.89. The molecule has 1 aliphatic heterocycles. The van der Waals surface area contributed by atoms with E-state index in [4.69, 9.17) is 0 Å². The number of hydrogen-bond acceptors (Lipinski definition) is 4. The van der Waals surface area contributed by atoms with E-state index in [1.54, 1.807) is 30.7 Å². The Morgan fingerprint density at radius 1 is 1.05 bits per heavy atom. The van der Waals surface area contributed by atoms with Gasteiger partial charge in [-0.3, -0.25) is 15.1 Å². The molecule has 0 spiro atoms. The van der Waals surface area contributed by atoms with E-state index in [-0.39, 0.29) is 5.69 Å². The topological polar surface area (TPSA) is 82.5 Å². The van der Waals surface area contributed by atoms with E-state index in [0.29, 0.717) is 11.3 Å². The van der Waals surface area contributed by atoms with Gasteiger partial charge in [-0.25, -0.2) is 0 Å². The molecule has 1 radical (unpaired) electrons. The minimum absolute atomic E-state index is 0.0335. The van der Waals surface area contributed by atoms with E-state index < -0.39 is 4.92 Å². The third-order valence-electron chi connectivity index (χ3n) is 2.92. The van der Waals surface area contributed by atoms with Gasteiger partial charge in [0.1, 0.15) is 5.71 Å². The molecule has 1 aromatic carbocycles. The van der Waals surface area contributed by atoms with Gasteiger partial charge in [0.25, 0.3) is 5.69 Å². The van der Waals surface area contributed by atoms with Gasteiger partial charge in [-0.2, -0.15) is 5.43 Å². The number of hydrogen-bond donors (Lipinski definition) is 0. The van der Waals surface area contributed by atoms with E-state index in [9.17, 15) is 10.1 Å². The first-order valence-electron chi connectivity index (χ1n) is 5.89. The third kappa shape index (κ3) is 2.14. The fraction of sp³-hybridized carbons (Fsp3) is 0. The van der Waals surface area contributed by atoms with Gasteiger partial charge in [-0.1, -0.05) is 12.1 Å². The predicted octanol–water partition coefficient (Wildman–Crippen LogP) is 2.35. The lowest BCUT2D eigenvalue weighted by Gasteiger charge is -2.05. The molecule has 1 aliphatic rings. The first kappa shape index (κ1) is 12.0. The van der Waals surface area contributed by atoms with Crippen LogP contribution in [0.5, 0.6) is 0 Å². The number of rotatable bonds is 3. The van der Waals surface area contributed by atoms with Gasteiger partial charge >= 0.3 is 0 Å². The van der Waals surface area contributed by atoms with Crippen LogP contribution in [-0.4, -0.2) is 15.6 Å². The number of nitrogens with zero attached hydrogens (tertiary/aromatic N) is 4. The lowest BCUT2D eigenvalue weighted by Crippen LogP contribution is -2.02. The fourth-order valence-electron chi connectivity index (χ4n) is 1.98. The van der Waals surface area contributed by atoms with Crippen LogP contribution in [-0.2, 0) is 0 Å². The molecule has 2 heterocycles. The standard InChI is InChI=1S/C14H9N4O2/c19-18(20)12-3-1-2-11(8-12)14-13(9-16-17-14)10-4-6-15-7-5-10/h1-9H. The van der Waals surface area contributed by atoms with Crippen molar-refractivity contribution >= 4 is 17.0 Å². The first-order chi connectivity index (χ1) is 9.75. The van der Waals surface area contributed by atoms with Crippen molar-refractivity contribution in [3.05, 3.63) is 76.2 Å². The summed E-state index contributed by atoms with van der Waals surface area (Å²) in [5, 5.41) is 14.9. The van der Waals surface area contributed by atoms with Crippen LogP contribution in [0.25, 0.3) is 5.57 Å². The van der Waals surface area contributed by atoms with Crippen LogP contribution in [0.4, 0.5) is 5.69 Å². The summed E-state index contributed by atoms with van der Waals surface area (Å²) in [6.07, 6.45) is 5.00. The highest BCUT2D eigenvalue weighted by Crippen LogP contribution is 2.25. The molecule has 0 saturated heterocycles. The number of non-ortho nitro benzene ring substituents is 1. The maximum Gasteiger partial charge on any atom is 0.270 e. The zero-order valence-corrected chi connectivity index (χ0v) is 10.3. The smallest absolute Gasteiger partial charge is 0.265 e. The van der Waals surface area contributed by atoms with Crippen LogP contribution in [0, 0.1) is 10.1 Å². The largest absolute Gasteiger partial charge is 0.270 e. The molecular weight excluding hydrogens is 256 g/mol. The average Bonchev–Trinajstić information content (AvgIpc) is 2.98. The zero-order valence-electron chi connectivity index (χ0n) is 10.3. The molecule has 20 heavy (non-hydrogen) atoms. The Kier molecular flexibility index (Phi) is 2.96. The Balaban J connectivity index is 2.01. The molecule has 6 nitrogen and oxygen atoms in total. The molecule has 0 aliphatic carbocycles. The molecule has 0 amide bonds. The lowest BCUT2D eigenvalue weighted by molar-refractivity contribution is -0.384. The Morgan fingerprint density at radius 3 is 2.60 bits per heavy atom. The number of nitro benzene ring substituents is 1. The lowest BCUT2D eigenvalue weighted by atomic mass is 9.98. The van der Waals surface area contributed by atoms with Gasteiger partial charge in [-0.15, -0.1) is 5.10 Å². The molecule has 0 bridgehead atoms. The number of benzene rings is 1. The minimum atomic E-state index is -0.425. The second-order valence-electron chi connectivity index (χ2n) is 4.15. The van der Waals surface area contributed by atoms with Gasteiger partial charge in [0.15, 0.2) is 0 Å². The molecule has 0 N–H and O–H groups in total. The van der Waals surface area contributed by atoms with Crippen molar-refractivity contribution in [2.75, 3.05) is 0 Å². The summed E-state index contributed by atoms with van der Waals surface area (Å²) in [4.78, 5) is 14.4. The van der Waals surface area contributed by atoms with Crippen molar-refractivity contribution in [2.45, 2.75) is 0 Å². The SMILES string of the molecule is O=[N+]([O-])c1cccc(C2=N[N]C=C2c2ccncc2)c1. The molecule has 97 valence electrons. The maximum absolute atomic E-state index is 10.8. The minimum Gasteiger partial charge on any atom is -0.265 e. The summed E-state index contributed by atoms with van der Waals surface area (Å²) >= 11 is 0. The number of allylic oxidation sites excluding steroid dienone is 1. The van der Waals surface area contributed by atoms with Crippen LogP contribution >= 0.6 is 0 Å². The quantitative estimate of drug-likeness (QED) is 0.630. The van der Waals surface area contributed by atoms with Crippen molar-refractivity contribution in [1.82, 2.24) is 10.4 Å².